The highest BCUT2D eigenvalue weighted by Gasteiger charge is 2.38. The number of nitrogens with one attached hydrogen (secondary N) is 2. The molecule has 0 amide bonds. The molecule has 2 heterocycles. The van der Waals surface area contributed by atoms with Gasteiger partial charge in [0.15, 0.2) is 0 Å². The molecule has 160 valence electrons. The Hall–Kier alpha value is -2.93. The second-order valence-corrected chi connectivity index (χ2v) is 9.27. The van der Waals surface area contributed by atoms with E-state index < -0.39 is 0 Å². The third-order valence-electron chi connectivity index (χ3n) is 5.23. The lowest BCUT2D eigenvalue weighted by Crippen LogP contribution is -2.60. The highest BCUT2D eigenvalue weighted by atomic mass is 16.5. The van der Waals surface area contributed by atoms with Crippen LogP contribution >= 0.6 is 0 Å². The van der Waals surface area contributed by atoms with E-state index in [-0.39, 0.29) is 22.9 Å². The Labute approximate surface area is 177 Å². The summed E-state index contributed by atoms with van der Waals surface area (Å²) in [5.41, 5.74) is 8.64. The molecular formula is C23H31N5O2. The third-order valence-corrected chi connectivity index (χ3v) is 5.23. The van der Waals surface area contributed by atoms with Gasteiger partial charge >= 0.3 is 0 Å². The molecule has 1 aliphatic rings. The van der Waals surface area contributed by atoms with Gasteiger partial charge in [0.25, 0.3) is 0 Å². The van der Waals surface area contributed by atoms with Crippen molar-refractivity contribution in [1.29, 1.82) is 5.41 Å². The summed E-state index contributed by atoms with van der Waals surface area (Å²) in [6, 6.07) is 8.70. The average Bonchev–Trinajstić information content (AvgIpc) is 2.60. The van der Waals surface area contributed by atoms with Gasteiger partial charge in [-0.2, -0.15) is 0 Å². The number of phenolic OH excluding ortho intramolecular Hbond substituents is 1. The number of benzene rings is 1. The van der Waals surface area contributed by atoms with Crippen molar-refractivity contribution in [3.8, 4) is 22.9 Å². The molecule has 1 aromatic heterocycles. The number of nitrogens with two attached hydrogens (primary N) is 1. The highest BCUT2D eigenvalue weighted by Crippen LogP contribution is 2.33. The zero-order valence-electron chi connectivity index (χ0n) is 18.3. The molecule has 7 heteroatoms. The maximum atomic E-state index is 10.5. The van der Waals surface area contributed by atoms with E-state index in [9.17, 15) is 5.11 Å². The van der Waals surface area contributed by atoms with Gasteiger partial charge in [0, 0.05) is 53.0 Å². The van der Waals surface area contributed by atoms with Crippen LogP contribution in [-0.4, -0.2) is 38.7 Å². The minimum Gasteiger partial charge on any atom is -0.507 e. The fraction of sp³-hybridized carbons (Fsp3) is 0.435. The number of ether oxygens (including phenoxy) is 1. The molecule has 0 radical (unpaired) electrons. The minimum atomic E-state index is -0.0149. The standard InChI is InChI=1S/C23H31N5O2/c1-14(25)18(13-24)15-6-7-17(20(29)10-15)19-8-9-21(27-26-19)30-16-11-22(2,3)28-23(4,5)12-16/h6-10,13,16,24,28-29H,11-12,25H2,1-5H3/b18-14+,24-13?. The fourth-order valence-corrected chi connectivity index (χ4v) is 4.35. The van der Waals surface area contributed by atoms with Gasteiger partial charge in [-0.1, -0.05) is 6.07 Å². The lowest BCUT2D eigenvalue weighted by Gasteiger charge is -2.46. The monoisotopic (exact) mass is 409 g/mol. The Kier molecular flexibility index (Phi) is 5.85. The number of hydrogen-bond donors (Lipinski definition) is 4. The molecule has 30 heavy (non-hydrogen) atoms. The molecule has 1 fully saturated rings. The lowest BCUT2D eigenvalue weighted by molar-refractivity contribution is 0.0524. The zero-order chi connectivity index (χ0) is 22.1. The van der Waals surface area contributed by atoms with Crippen molar-refractivity contribution in [2.45, 2.75) is 64.6 Å². The van der Waals surface area contributed by atoms with E-state index in [4.69, 9.17) is 15.9 Å². The van der Waals surface area contributed by atoms with E-state index in [2.05, 4.69) is 43.2 Å². The molecule has 1 aromatic carbocycles. The van der Waals surface area contributed by atoms with Crippen molar-refractivity contribution >= 4 is 11.8 Å². The predicted molar refractivity (Wildman–Crippen MR) is 120 cm³/mol. The first kappa shape index (κ1) is 21.8. The van der Waals surface area contributed by atoms with Crippen LogP contribution in [0.3, 0.4) is 0 Å². The Morgan fingerprint density at radius 3 is 2.33 bits per heavy atom. The van der Waals surface area contributed by atoms with Crippen LogP contribution in [0.25, 0.3) is 16.8 Å². The largest absolute Gasteiger partial charge is 0.507 e. The molecular weight excluding hydrogens is 378 g/mol. The normalized spacial score (nSPS) is 19.1. The van der Waals surface area contributed by atoms with Gasteiger partial charge in [0.05, 0.1) is 5.69 Å². The number of aromatic nitrogens is 2. The van der Waals surface area contributed by atoms with Gasteiger partial charge in [-0.15, -0.1) is 10.2 Å². The summed E-state index contributed by atoms with van der Waals surface area (Å²) >= 11 is 0. The first-order valence-corrected chi connectivity index (χ1v) is 10.1. The highest BCUT2D eigenvalue weighted by molar-refractivity contribution is 6.09. The van der Waals surface area contributed by atoms with Crippen molar-refractivity contribution in [3.05, 3.63) is 41.6 Å². The van der Waals surface area contributed by atoms with Crippen LogP contribution in [0, 0.1) is 5.41 Å². The second-order valence-electron chi connectivity index (χ2n) is 9.27. The molecule has 5 N–H and O–H groups in total. The molecule has 0 saturated carbocycles. The van der Waals surface area contributed by atoms with Crippen molar-refractivity contribution in [2.24, 2.45) is 5.73 Å². The number of aromatic hydroxyl groups is 1. The molecule has 0 unspecified atom stereocenters. The van der Waals surface area contributed by atoms with Crippen molar-refractivity contribution in [3.63, 3.8) is 0 Å². The second kappa shape index (κ2) is 8.07. The summed E-state index contributed by atoms with van der Waals surface area (Å²) in [5.74, 6) is 0.527. The van der Waals surface area contributed by atoms with E-state index in [1.165, 1.54) is 6.21 Å². The van der Waals surface area contributed by atoms with Crippen LogP contribution in [0.4, 0.5) is 0 Å². The van der Waals surface area contributed by atoms with Crippen molar-refractivity contribution < 1.29 is 9.84 Å². The van der Waals surface area contributed by atoms with Gasteiger partial charge in [-0.25, -0.2) is 0 Å². The van der Waals surface area contributed by atoms with E-state index in [0.717, 1.165) is 12.8 Å². The van der Waals surface area contributed by atoms with Gasteiger partial charge < -0.3 is 26.3 Å². The van der Waals surface area contributed by atoms with E-state index >= 15 is 0 Å². The molecule has 1 aliphatic heterocycles. The predicted octanol–water partition coefficient (Wildman–Crippen LogP) is 3.88. The summed E-state index contributed by atoms with van der Waals surface area (Å²) < 4.78 is 6.12. The van der Waals surface area contributed by atoms with E-state index in [0.29, 0.717) is 34.0 Å². The van der Waals surface area contributed by atoms with Gasteiger partial charge in [-0.3, -0.25) is 0 Å². The van der Waals surface area contributed by atoms with Gasteiger partial charge in [0.1, 0.15) is 11.9 Å². The molecule has 7 nitrogen and oxygen atoms in total. The molecule has 2 aromatic rings. The SMILES string of the molecule is C/C(N)=C(/C=N)c1ccc(-c2ccc(OC3CC(C)(C)NC(C)(C)C3)nn2)c(O)c1. The number of rotatable bonds is 5. The average molecular weight is 410 g/mol. The number of phenols is 1. The van der Waals surface area contributed by atoms with E-state index in [1.54, 1.807) is 37.3 Å². The third kappa shape index (κ3) is 4.97. The van der Waals surface area contributed by atoms with Crippen LogP contribution in [-0.2, 0) is 0 Å². The summed E-state index contributed by atoms with van der Waals surface area (Å²) in [5, 5.41) is 30.1. The first-order valence-electron chi connectivity index (χ1n) is 10.1. The van der Waals surface area contributed by atoms with Crippen LogP contribution in [0.15, 0.2) is 36.0 Å². The number of piperidine rings is 1. The van der Waals surface area contributed by atoms with Gasteiger partial charge in [0.2, 0.25) is 5.88 Å². The topological polar surface area (TPSA) is 117 Å². The first-order chi connectivity index (χ1) is 14.0. The molecule has 0 atom stereocenters. The molecule has 1 saturated heterocycles. The Balaban J connectivity index is 1.78. The van der Waals surface area contributed by atoms with Crippen LogP contribution in [0.5, 0.6) is 11.6 Å². The number of nitrogens with zero attached hydrogens (tertiary/aromatic N) is 2. The summed E-state index contributed by atoms with van der Waals surface area (Å²) in [6.45, 7) is 10.4. The lowest BCUT2D eigenvalue weighted by atomic mass is 9.81. The fourth-order valence-electron chi connectivity index (χ4n) is 4.35. The van der Waals surface area contributed by atoms with Crippen LogP contribution < -0.4 is 15.8 Å². The van der Waals surface area contributed by atoms with E-state index in [1.807, 2.05) is 0 Å². The molecule has 3 rings (SSSR count). The Morgan fingerprint density at radius 1 is 1.17 bits per heavy atom. The number of hydrogen-bond acceptors (Lipinski definition) is 7. The van der Waals surface area contributed by atoms with Crippen molar-refractivity contribution in [2.75, 3.05) is 0 Å². The molecule has 0 bridgehead atoms. The maximum absolute atomic E-state index is 10.5. The zero-order valence-corrected chi connectivity index (χ0v) is 18.3. The smallest absolute Gasteiger partial charge is 0.233 e. The van der Waals surface area contributed by atoms with Crippen LogP contribution in [0.2, 0.25) is 0 Å². The maximum Gasteiger partial charge on any atom is 0.233 e. The van der Waals surface area contributed by atoms with Gasteiger partial charge in [-0.05, 0) is 58.4 Å². The van der Waals surface area contributed by atoms with Crippen molar-refractivity contribution in [1.82, 2.24) is 15.5 Å². The molecule has 0 aliphatic carbocycles. The summed E-state index contributed by atoms with van der Waals surface area (Å²) in [7, 11) is 0. The number of allylic oxidation sites excluding steroid dienone is 2. The summed E-state index contributed by atoms with van der Waals surface area (Å²) in [6.07, 6.45) is 2.99. The van der Waals surface area contributed by atoms with Crippen LogP contribution in [0.1, 0.15) is 53.0 Å². The quantitative estimate of drug-likeness (QED) is 0.557. The minimum absolute atomic E-state index is 0.0149. The summed E-state index contributed by atoms with van der Waals surface area (Å²) in [4.78, 5) is 0. The Bertz CT molecular complexity index is 944. The Morgan fingerprint density at radius 2 is 1.83 bits per heavy atom. The molecule has 0 spiro atoms.